The minimum Gasteiger partial charge on any atom is -0.295 e. The van der Waals surface area contributed by atoms with E-state index in [0.717, 1.165) is 28.1 Å². The first-order chi connectivity index (χ1) is 14.1. The van der Waals surface area contributed by atoms with Crippen LogP contribution >= 0.6 is 0 Å². The number of carbonyl (C=O) groups is 1. The Balaban J connectivity index is 1.77. The Bertz CT molecular complexity index is 1180. The predicted octanol–water partition coefficient (Wildman–Crippen LogP) is 4.98. The highest BCUT2D eigenvalue weighted by molar-refractivity contribution is 6.12. The maximum absolute atomic E-state index is 13.6. The van der Waals surface area contributed by atoms with Crippen LogP contribution in [0.5, 0.6) is 0 Å². The topological polar surface area (TPSA) is 38.1 Å². The summed E-state index contributed by atoms with van der Waals surface area (Å²) in [6.45, 7) is 0. The summed E-state index contributed by atoms with van der Waals surface area (Å²) < 4.78 is 15.3. The van der Waals surface area contributed by atoms with E-state index in [1.165, 1.54) is 12.1 Å². The van der Waals surface area contributed by atoms with Crippen molar-refractivity contribution >= 4 is 11.6 Å². The molecular formula is C24H18FN3O. The molecule has 5 rings (SSSR count). The first kappa shape index (κ1) is 17.4. The van der Waals surface area contributed by atoms with Crippen LogP contribution in [0.4, 0.5) is 10.1 Å². The van der Waals surface area contributed by atoms with Gasteiger partial charge in [-0.25, -0.2) is 4.39 Å². The fraction of sp³-hybridized carbons (Fsp3) is 0.0833. The largest absolute Gasteiger partial charge is 0.295 e. The second-order valence-electron chi connectivity index (χ2n) is 7.07. The van der Waals surface area contributed by atoms with E-state index in [9.17, 15) is 9.18 Å². The van der Waals surface area contributed by atoms with Gasteiger partial charge >= 0.3 is 0 Å². The number of rotatable bonds is 3. The number of hydrogen-bond donors (Lipinski definition) is 0. The molecule has 1 aromatic heterocycles. The number of amides is 1. The number of anilines is 1. The highest BCUT2D eigenvalue weighted by atomic mass is 19.1. The van der Waals surface area contributed by atoms with Gasteiger partial charge in [0, 0.05) is 23.9 Å². The highest BCUT2D eigenvalue weighted by Crippen LogP contribution is 2.45. The molecule has 29 heavy (non-hydrogen) atoms. The minimum absolute atomic E-state index is 0.113. The first-order valence-electron chi connectivity index (χ1n) is 9.41. The molecule has 0 spiro atoms. The summed E-state index contributed by atoms with van der Waals surface area (Å²) in [5.74, 6) is -0.420. The fourth-order valence-electron chi connectivity index (χ4n) is 4.04. The van der Waals surface area contributed by atoms with Crippen LogP contribution in [0, 0.1) is 5.82 Å². The number of aryl methyl sites for hydroxylation is 1. The van der Waals surface area contributed by atoms with E-state index in [0.29, 0.717) is 5.69 Å². The lowest BCUT2D eigenvalue weighted by Crippen LogP contribution is -2.30. The van der Waals surface area contributed by atoms with Gasteiger partial charge in [-0.2, -0.15) is 5.10 Å². The third kappa shape index (κ3) is 2.74. The number of halogens is 1. The third-order valence-corrected chi connectivity index (χ3v) is 5.30. The number of aromatic nitrogens is 2. The third-order valence-electron chi connectivity index (χ3n) is 5.30. The van der Waals surface area contributed by atoms with E-state index in [2.05, 4.69) is 5.10 Å². The standard InChI is InChI=1S/C24H18FN3O/c1-27-23-20(21(26-27)16-8-4-2-5-9-16)22(17-12-14-18(25)15-13-17)28(24(23)29)19-10-6-3-7-11-19/h2-15,22H,1H3. The molecule has 0 saturated carbocycles. The lowest BCUT2D eigenvalue weighted by molar-refractivity contribution is 0.0985. The number of hydrogen-bond acceptors (Lipinski definition) is 2. The molecule has 5 heteroatoms. The summed E-state index contributed by atoms with van der Waals surface area (Å²) in [6, 6.07) is 25.3. The van der Waals surface area contributed by atoms with Crippen LogP contribution in [0.3, 0.4) is 0 Å². The van der Waals surface area contributed by atoms with Crippen molar-refractivity contribution in [1.29, 1.82) is 0 Å². The van der Waals surface area contributed by atoms with E-state index in [-0.39, 0.29) is 17.8 Å². The van der Waals surface area contributed by atoms with Gasteiger partial charge in [0.1, 0.15) is 11.5 Å². The van der Waals surface area contributed by atoms with Crippen molar-refractivity contribution in [3.63, 3.8) is 0 Å². The molecule has 4 aromatic rings. The van der Waals surface area contributed by atoms with Crippen molar-refractivity contribution in [2.45, 2.75) is 6.04 Å². The first-order valence-corrected chi connectivity index (χ1v) is 9.41. The lowest BCUT2D eigenvalue weighted by atomic mass is 9.96. The highest BCUT2D eigenvalue weighted by Gasteiger charge is 2.44. The molecule has 0 bridgehead atoms. The van der Waals surface area contributed by atoms with Gasteiger partial charge in [-0.05, 0) is 29.8 Å². The van der Waals surface area contributed by atoms with Crippen LogP contribution < -0.4 is 4.90 Å². The van der Waals surface area contributed by atoms with Crippen molar-refractivity contribution in [3.8, 4) is 11.3 Å². The number of carbonyl (C=O) groups excluding carboxylic acids is 1. The summed E-state index contributed by atoms with van der Waals surface area (Å²) >= 11 is 0. The normalized spacial score (nSPS) is 15.6. The molecule has 0 radical (unpaired) electrons. The fourth-order valence-corrected chi connectivity index (χ4v) is 4.04. The Hall–Kier alpha value is -3.73. The van der Waals surface area contributed by atoms with Gasteiger partial charge in [0.15, 0.2) is 0 Å². The van der Waals surface area contributed by atoms with Crippen LogP contribution in [0.25, 0.3) is 11.3 Å². The van der Waals surface area contributed by atoms with E-state index < -0.39 is 0 Å². The maximum atomic E-state index is 13.6. The van der Waals surface area contributed by atoms with Gasteiger partial charge in [0.05, 0.1) is 11.7 Å². The van der Waals surface area contributed by atoms with E-state index in [4.69, 9.17) is 0 Å². The summed E-state index contributed by atoms with van der Waals surface area (Å²) in [5.41, 5.74) is 4.75. The quantitative estimate of drug-likeness (QED) is 0.501. The molecular weight excluding hydrogens is 365 g/mol. The number of benzene rings is 3. The average Bonchev–Trinajstić information content (AvgIpc) is 3.25. The Morgan fingerprint density at radius 1 is 0.862 bits per heavy atom. The SMILES string of the molecule is Cn1nc(-c2ccccc2)c2c1C(=O)N(c1ccccc1)C2c1ccc(F)cc1. The van der Waals surface area contributed by atoms with Crippen LogP contribution in [0.15, 0.2) is 84.9 Å². The summed E-state index contributed by atoms with van der Waals surface area (Å²) in [7, 11) is 1.79. The molecule has 142 valence electrons. The van der Waals surface area contributed by atoms with E-state index in [1.54, 1.807) is 28.8 Å². The maximum Gasteiger partial charge on any atom is 0.277 e. The monoisotopic (exact) mass is 383 g/mol. The molecule has 1 aliphatic rings. The molecule has 2 heterocycles. The van der Waals surface area contributed by atoms with Gasteiger partial charge in [-0.1, -0.05) is 60.7 Å². The Morgan fingerprint density at radius 3 is 2.14 bits per heavy atom. The summed E-state index contributed by atoms with van der Waals surface area (Å²) in [6.07, 6.45) is 0. The van der Waals surface area contributed by atoms with E-state index in [1.807, 2.05) is 60.7 Å². The van der Waals surface area contributed by atoms with Gasteiger partial charge < -0.3 is 0 Å². The molecule has 0 N–H and O–H groups in total. The van der Waals surface area contributed by atoms with Crippen molar-refractivity contribution in [1.82, 2.24) is 9.78 Å². The molecule has 0 fully saturated rings. The Labute approximate surface area is 167 Å². The molecule has 3 aromatic carbocycles. The summed E-state index contributed by atoms with van der Waals surface area (Å²) in [4.78, 5) is 15.3. The van der Waals surface area contributed by atoms with Crippen LogP contribution in [-0.2, 0) is 7.05 Å². The Morgan fingerprint density at radius 2 is 1.48 bits per heavy atom. The van der Waals surface area contributed by atoms with E-state index >= 15 is 0 Å². The zero-order chi connectivity index (χ0) is 20.0. The molecule has 0 aliphatic carbocycles. The Kier molecular flexibility index (Phi) is 4.02. The molecule has 1 amide bonds. The molecule has 1 aliphatic heterocycles. The second-order valence-corrected chi connectivity index (χ2v) is 7.07. The van der Waals surface area contributed by atoms with Crippen LogP contribution in [-0.4, -0.2) is 15.7 Å². The van der Waals surface area contributed by atoms with Crippen molar-refractivity contribution < 1.29 is 9.18 Å². The van der Waals surface area contributed by atoms with Gasteiger partial charge in [-0.15, -0.1) is 0 Å². The average molecular weight is 383 g/mol. The lowest BCUT2D eigenvalue weighted by Gasteiger charge is -2.26. The zero-order valence-corrected chi connectivity index (χ0v) is 15.8. The van der Waals surface area contributed by atoms with Crippen molar-refractivity contribution in [3.05, 3.63) is 108 Å². The summed E-state index contributed by atoms with van der Waals surface area (Å²) in [5, 5.41) is 4.67. The second kappa shape index (κ2) is 6.71. The van der Waals surface area contributed by atoms with Crippen molar-refractivity contribution in [2.75, 3.05) is 4.90 Å². The molecule has 0 saturated heterocycles. The van der Waals surface area contributed by atoms with Gasteiger partial charge in [-0.3, -0.25) is 14.4 Å². The predicted molar refractivity (Wildman–Crippen MR) is 110 cm³/mol. The molecule has 4 nitrogen and oxygen atoms in total. The smallest absolute Gasteiger partial charge is 0.277 e. The zero-order valence-electron chi connectivity index (χ0n) is 15.8. The van der Waals surface area contributed by atoms with Gasteiger partial charge in [0.2, 0.25) is 0 Å². The number of nitrogens with zero attached hydrogens (tertiary/aromatic N) is 3. The molecule has 1 atom stereocenters. The number of para-hydroxylation sites is 1. The molecule has 1 unspecified atom stereocenters. The van der Waals surface area contributed by atoms with Crippen LogP contribution in [0.1, 0.15) is 27.7 Å². The minimum atomic E-state index is -0.385. The van der Waals surface area contributed by atoms with Gasteiger partial charge in [0.25, 0.3) is 5.91 Å². The van der Waals surface area contributed by atoms with Crippen molar-refractivity contribution in [2.24, 2.45) is 7.05 Å². The number of fused-ring (bicyclic) bond motifs is 1. The van der Waals surface area contributed by atoms with Crippen LogP contribution in [0.2, 0.25) is 0 Å².